The zero-order chi connectivity index (χ0) is 19.0. The maximum Gasteiger partial charge on any atom is 0.190 e. The van der Waals surface area contributed by atoms with Crippen LogP contribution < -0.4 is 10.5 Å². The number of hydrogen-bond donors (Lipinski definition) is 1. The molecular weight excluding hydrogens is 365 g/mol. The van der Waals surface area contributed by atoms with Gasteiger partial charge in [-0.3, -0.25) is 0 Å². The Labute approximate surface area is 159 Å². The summed E-state index contributed by atoms with van der Waals surface area (Å²) in [6, 6.07) is 13.6. The van der Waals surface area contributed by atoms with E-state index in [1.165, 1.54) is 28.6 Å². The van der Waals surface area contributed by atoms with Gasteiger partial charge >= 0.3 is 0 Å². The number of nitrogen functional groups attached to an aromatic ring is 1. The number of nitrogens with zero attached hydrogens (tertiary/aromatic N) is 4. The van der Waals surface area contributed by atoms with Crippen LogP contribution in [-0.4, -0.2) is 33.1 Å². The number of benzene rings is 2. The molecule has 0 amide bonds. The van der Waals surface area contributed by atoms with Crippen LogP contribution in [0.25, 0.3) is 28.0 Å². The highest BCUT2D eigenvalue weighted by Gasteiger charge is 2.19. The Hall–Kier alpha value is -3.13. The van der Waals surface area contributed by atoms with E-state index in [4.69, 9.17) is 10.5 Å². The third kappa shape index (κ3) is 3.08. The highest BCUT2D eigenvalue weighted by atomic mass is 32.2. The van der Waals surface area contributed by atoms with E-state index in [2.05, 4.69) is 15.1 Å². The molecule has 8 heteroatoms. The Morgan fingerprint density at radius 2 is 1.93 bits per heavy atom. The number of nitrogens with two attached hydrogens (primary N) is 1. The summed E-state index contributed by atoms with van der Waals surface area (Å²) in [5.74, 6) is 0.692. The number of rotatable bonds is 4. The average molecular weight is 381 g/mol. The number of hydrogen-bond acceptors (Lipinski definition) is 6. The summed E-state index contributed by atoms with van der Waals surface area (Å²) in [5.41, 5.74) is 8.85. The molecule has 0 spiro atoms. The SMILES string of the molecule is COc1cccc(-c2nc(SC)nc3nn(-c4cccc(F)c4)c(N)c23)c1. The van der Waals surface area contributed by atoms with Gasteiger partial charge < -0.3 is 10.5 Å². The summed E-state index contributed by atoms with van der Waals surface area (Å²) in [6.07, 6.45) is 1.89. The van der Waals surface area contributed by atoms with Crippen molar-refractivity contribution in [3.05, 3.63) is 54.3 Å². The molecule has 2 N–H and O–H groups in total. The van der Waals surface area contributed by atoms with Gasteiger partial charge in [0.05, 0.1) is 23.9 Å². The molecule has 136 valence electrons. The zero-order valence-electron chi connectivity index (χ0n) is 14.7. The number of anilines is 1. The molecular formula is C19H16FN5OS. The Morgan fingerprint density at radius 1 is 1.11 bits per heavy atom. The first kappa shape index (κ1) is 17.3. The van der Waals surface area contributed by atoms with Crippen molar-refractivity contribution in [2.75, 3.05) is 19.1 Å². The lowest BCUT2D eigenvalue weighted by atomic mass is 10.1. The van der Waals surface area contributed by atoms with E-state index in [1.54, 1.807) is 19.2 Å². The lowest BCUT2D eigenvalue weighted by Crippen LogP contribution is -2.02. The molecule has 6 nitrogen and oxygen atoms in total. The van der Waals surface area contributed by atoms with E-state index < -0.39 is 0 Å². The minimum absolute atomic E-state index is 0.348. The van der Waals surface area contributed by atoms with Gasteiger partial charge in [-0.25, -0.2) is 19.0 Å². The largest absolute Gasteiger partial charge is 0.497 e. The molecule has 0 aliphatic carbocycles. The second-order valence-corrected chi connectivity index (χ2v) is 6.54. The van der Waals surface area contributed by atoms with Crippen molar-refractivity contribution in [2.45, 2.75) is 5.16 Å². The van der Waals surface area contributed by atoms with Crippen molar-refractivity contribution in [1.29, 1.82) is 0 Å². The predicted molar refractivity (Wildman–Crippen MR) is 105 cm³/mol. The molecule has 0 radical (unpaired) electrons. The molecule has 0 unspecified atom stereocenters. The van der Waals surface area contributed by atoms with Gasteiger partial charge in [0, 0.05) is 5.56 Å². The van der Waals surface area contributed by atoms with Crippen LogP contribution in [0.15, 0.2) is 53.7 Å². The molecule has 0 fully saturated rings. The van der Waals surface area contributed by atoms with Crippen molar-refractivity contribution in [3.8, 4) is 22.7 Å². The van der Waals surface area contributed by atoms with Crippen molar-refractivity contribution in [3.63, 3.8) is 0 Å². The Kier molecular flexibility index (Phi) is 4.41. The molecule has 2 heterocycles. The van der Waals surface area contributed by atoms with Crippen molar-refractivity contribution in [2.24, 2.45) is 0 Å². The van der Waals surface area contributed by atoms with Crippen molar-refractivity contribution < 1.29 is 9.13 Å². The summed E-state index contributed by atoms with van der Waals surface area (Å²) < 4.78 is 20.5. The predicted octanol–water partition coefficient (Wildman–Crippen LogP) is 3.93. The summed E-state index contributed by atoms with van der Waals surface area (Å²) in [4.78, 5) is 9.11. The molecule has 0 saturated carbocycles. The molecule has 0 aliphatic heterocycles. The first-order valence-electron chi connectivity index (χ1n) is 8.11. The number of thioether (sulfide) groups is 1. The first-order chi connectivity index (χ1) is 13.1. The minimum atomic E-state index is -0.365. The fraction of sp³-hybridized carbons (Fsp3) is 0.105. The highest BCUT2D eigenvalue weighted by Crippen LogP contribution is 2.34. The third-order valence-electron chi connectivity index (χ3n) is 4.13. The fourth-order valence-electron chi connectivity index (χ4n) is 2.87. The van der Waals surface area contributed by atoms with E-state index in [-0.39, 0.29) is 5.82 Å². The lowest BCUT2D eigenvalue weighted by molar-refractivity contribution is 0.415. The fourth-order valence-corrected chi connectivity index (χ4v) is 3.23. The number of aromatic nitrogens is 4. The lowest BCUT2D eigenvalue weighted by Gasteiger charge is -2.07. The van der Waals surface area contributed by atoms with E-state index in [9.17, 15) is 4.39 Å². The molecule has 4 rings (SSSR count). The molecule has 27 heavy (non-hydrogen) atoms. The molecule has 0 atom stereocenters. The Bertz CT molecular complexity index is 1140. The van der Waals surface area contributed by atoms with Gasteiger partial charge in [0.1, 0.15) is 17.4 Å². The van der Waals surface area contributed by atoms with Crippen LogP contribution in [0.1, 0.15) is 0 Å². The molecule has 2 aromatic carbocycles. The van der Waals surface area contributed by atoms with Gasteiger partial charge in [-0.1, -0.05) is 30.0 Å². The van der Waals surface area contributed by atoms with Crippen molar-refractivity contribution in [1.82, 2.24) is 19.7 Å². The molecule has 2 aromatic heterocycles. The summed E-state index contributed by atoms with van der Waals surface area (Å²) in [5, 5.41) is 5.68. The quantitative estimate of drug-likeness (QED) is 0.426. The number of ether oxygens (including phenoxy) is 1. The van der Waals surface area contributed by atoms with Gasteiger partial charge in [-0.15, -0.1) is 5.10 Å². The normalized spacial score (nSPS) is 11.1. The van der Waals surface area contributed by atoms with Gasteiger partial charge in [0.25, 0.3) is 0 Å². The molecule has 4 aromatic rings. The van der Waals surface area contributed by atoms with E-state index in [0.717, 1.165) is 5.56 Å². The van der Waals surface area contributed by atoms with Crippen LogP contribution in [-0.2, 0) is 0 Å². The maximum atomic E-state index is 13.7. The number of fused-ring (bicyclic) bond motifs is 1. The van der Waals surface area contributed by atoms with Gasteiger partial charge in [-0.2, -0.15) is 0 Å². The third-order valence-corrected chi connectivity index (χ3v) is 4.67. The van der Waals surface area contributed by atoms with Crippen LogP contribution >= 0.6 is 11.8 Å². The van der Waals surface area contributed by atoms with Gasteiger partial charge in [0.15, 0.2) is 10.8 Å². The first-order valence-corrected chi connectivity index (χ1v) is 9.34. The number of halogens is 1. The van der Waals surface area contributed by atoms with Crippen LogP contribution in [0.5, 0.6) is 5.75 Å². The van der Waals surface area contributed by atoms with Crippen LogP contribution in [0.3, 0.4) is 0 Å². The average Bonchev–Trinajstić information content (AvgIpc) is 3.04. The van der Waals surface area contributed by atoms with Crippen LogP contribution in [0.4, 0.5) is 10.2 Å². The zero-order valence-corrected chi connectivity index (χ0v) is 15.5. The smallest absolute Gasteiger partial charge is 0.190 e. The van der Waals surface area contributed by atoms with Gasteiger partial charge in [0.2, 0.25) is 0 Å². The van der Waals surface area contributed by atoms with E-state index in [1.807, 2.05) is 30.5 Å². The molecule has 0 aliphatic rings. The standard InChI is InChI=1S/C19H16FN5OS/c1-26-14-8-3-5-11(9-14)16-15-17(21)25(13-7-4-6-12(20)10-13)24-18(15)23-19(22-16)27-2/h3-10H,21H2,1-2H3. The summed E-state index contributed by atoms with van der Waals surface area (Å²) >= 11 is 1.41. The number of methoxy groups -OCH3 is 1. The van der Waals surface area contributed by atoms with E-state index >= 15 is 0 Å². The van der Waals surface area contributed by atoms with Crippen molar-refractivity contribution >= 4 is 28.6 Å². The highest BCUT2D eigenvalue weighted by molar-refractivity contribution is 7.98. The van der Waals surface area contributed by atoms with Crippen LogP contribution in [0.2, 0.25) is 0 Å². The maximum absolute atomic E-state index is 13.7. The van der Waals surface area contributed by atoms with Gasteiger partial charge in [-0.05, 0) is 36.6 Å². The second kappa shape index (κ2) is 6.88. The summed E-state index contributed by atoms with van der Waals surface area (Å²) in [7, 11) is 1.61. The van der Waals surface area contributed by atoms with Crippen LogP contribution in [0, 0.1) is 5.82 Å². The molecule has 0 bridgehead atoms. The minimum Gasteiger partial charge on any atom is -0.497 e. The Morgan fingerprint density at radius 3 is 2.67 bits per heavy atom. The second-order valence-electron chi connectivity index (χ2n) is 5.77. The monoisotopic (exact) mass is 381 g/mol. The van der Waals surface area contributed by atoms with E-state index in [0.29, 0.717) is 39.1 Å². The molecule has 0 saturated heterocycles. The summed E-state index contributed by atoms with van der Waals surface area (Å²) in [6.45, 7) is 0. The topological polar surface area (TPSA) is 78.9 Å². The Balaban J connectivity index is 2.01.